The van der Waals surface area contributed by atoms with E-state index in [4.69, 9.17) is 9.47 Å². The zero-order chi connectivity index (χ0) is 20.5. The van der Waals surface area contributed by atoms with Crippen LogP contribution in [0.25, 0.3) is 5.69 Å². The topological polar surface area (TPSA) is 82.4 Å². The molecule has 3 aromatic rings. The van der Waals surface area contributed by atoms with Crippen LogP contribution in [0.4, 0.5) is 5.82 Å². The number of nitrogens with zero attached hydrogens (tertiary/aromatic N) is 2. The Labute approximate surface area is 171 Å². The van der Waals surface area contributed by atoms with Crippen LogP contribution in [0.1, 0.15) is 27.2 Å². The molecule has 1 aromatic heterocycles. The summed E-state index contributed by atoms with van der Waals surface area (Å²) in [6, 6.07) is 13.0. The van der Waals surface area contributed by atoms with Crippen molar-refractivity contribution < 1.29 is 18.5 Å². The Morgan fingerprint density at radius 3 is 2.41 bits per heavy atom. The Morgan fingerprint density at radius 2 is 1.76 bits per heavy atom. The first-order valence-electron chi connectivity index (χ1n) is 9.07. The number of benzene rings is 2. The van der Waals surface area contributed by atoms with Crippen molar-refractivity contribution in [3.8, 4) is 17.2 Å². The predicted octanol–water partition coefficient (Wildman–Crippen LogP) is 3.21. The van der Waals surface area contributed by atoms with Gasteiger partial charge >= 0.3 is 0 Å². The molecule has 2 heterocycles. The quantitative estimate of drug-likeness (QED) is 0.697. The van der Waals surface area contributed by atoms with Gasteiger partial charge in [-0.15, -0.1) is 0 Å². The van der Waals surface area contributed by atoms with Gasteiger partial charge in [-0.3, -0.25) is 9.00 Å². The van der Waals surface area contributed by atoms with E-state index in [1.54, 1.807) is 22.9 Å². The molecule has 4 rings (SSSR count). The summed E-state index contributed by atoms with van der Waals surface area (Å²) in [4.78, 5) is 13.2. The van der Waals surface area contributed by atoms with Gasteiger partial charge in [0.05, 0.1) is 37.1 Å². The normalized spacial score (nSPS) is 15.1. The van der Waals surface area contributed by atoms with Gasteiger partial charge in [-0.05, 0) is 30.7 Å². The smallest absolute Gasteiger partial charge is 0.264 e. The summed E-state index contributed by atoms with van der Waals surface area (Å²) in [6.07, 6.45) is 0. The predicted molar refractivity (Wildman–Crippen MR) is 111 cm³/mol. The Hall–Kier alpha value is -3.13. The van der Waals surface area contributed by atoms with Crippen LogP contribution < -0.4 is 14.8 Å². The van der Waals surface area contributed by atoms with Gasteiger partial charge in [0, 0.05) is 16.4 Å². The number of ether oxygens (including phenoxy) is 2. The van der Waals surface area contributed by atoms with Gasteiger partial charge in [0.1, 0.15) is 22.9 Å². The number of aromatic nitrogens is 2. The fraction of sp³-hybridized carbons (Fsp3) is 0.238. The highest BCUT2D eigenvalue weighted by Gasteiger charge is 2.30. The Bertz CT molecular complexity index is 1100. The third kappa shape index (κ3) is 3.40. The molecule has 8 heteroatoms. The van der Waals surface area contributed by atoms with E-state index in [2.05, 4.69) is 10.4 Å². The highest BCUT2D eigenvalue weighted by atomic mass is 32.2. The number of aryl methyl sites for hydroxylation is 1. The number of carbonyl (C=O) groups is 1. The van der Waals surface area contributed by atoms with Gasteiger partial charge in [-0.2, -0.15) is 5.10 Å². The molecule has 1 atom stereocenters. The number of hydrogen-bond donors (Lipinski definition) is 1. The third-order valence-electron chi connectivity index (χ3n) is 4.90. The van der Waals surface area contributed by atoms with Crippen LogP contribution in [-0.4, -0.2) is 34.1 Å². The summed E-state index contributed by atoms with van der Waals surface area (Å²) in [7, 11) is 1.99. The minimum Gasteiger partial charge on any atom is -0.496 e. The number of methoxy groups -OCH3 is 2. The van der Waals surface area contributed by atoms with Crippen molar-refractivity contribution in [2.45, 2.75) is 18.4 Å². The minimum absolute atomic E-state index is 0.294. The highest BCUT2D eigenvalue weighted by molar-refractivity contribution is 7.83. The highest BCUT2D eigenvalue weighted by Crippen LogP contribution is 2.34. The average Bonchev–Trinajstić information content (AvgIpc) is 3.24. The van der Waals surface area contributed by atoms with Gasteiger partial charge < -0.3 is 14.8 Å². The number of fused-ring (bicyclic) bond motifs is 1. The zero-order valence-electron chi connectivity index (χ0n) is 16.4. The van der Waals surface area contributed by atoms with E-state index in [-0.39, 0.29) is 5.91 Å². The first-order chi connectivity index (χ1) is 14.0. The van der Waals surface area contributed by atoms with Crippen LogP contribution >= 0.6 is 0 Å². The molecule has 1 N–H and O–H groups in total. The molecule has 0 fully saturated rings. The van der Waals surface area contributed by atoms with E-state index in [1.807, 2.05) is 31.2 Å². The molecule has 0 aliphatic carbocycles. The molecule has 150 valence electrons. The van der Waals surface area contributed by atoms with Crippen molar-refractivity contribution in [1.29, 1.82) is 0 Å². The standard InChI is InChI=1S/C21H21N3O4S/c1-13-7-4-5-8-16(13)24-20(14-11-29(26)12-15(14)23-24)22-21(25)19-17(27-2)9-6-10-18(19)28-3/h4-10H,11-12H2,1-3H3,(H,22,25)/t29-/m0/s1. The van der Waals surface area contributed by atoms with Gasteiger partial charge in [0.2, 0.25) is 0 Å². The van der Waals surface area contributed by atoms with Crippen molar-refractivity contribution in [1.82, 2.24) is 9.78 Å². The molecule has 2 aromatic carbocycles. The summed E-state index contributed by atoms with van der Waals surface area (Å²) < 4.78 is 24.5. The van der Waals surface area contributed by atoms with Gasteiger partial charge in [0.25, 0.3) is 5.91 Å². The first kappa shape index (κ1) is 19.2. The zero-order valence-corrected chi connectivity index (χ0v) is 17.2. The van der Waals surface area contributed by atoms with E-state index >= 15 is 0 Å². The lowest BCUT2D eigenvalue weighted by molar-refractivity contribution is 0.102. The number of hydrogen-bond acceptors (Lipinski definition) is 5. The summed E-state index contributed by atoms with van der Waals surface area (Å²) in [5, 5.41) is 7.62. The Kier molecular flexibility index (Phi) is 5.10. The molecule has 0 bridgehead atoms. The molecule has 0 radical (unpaired) electrons. The molecule has 1 aliphatic rings. The number of carbonyl (C=O) groups excluding carboxylic acids is 1. The maximum absolute atomic E-state index is 13.2. The molecule has 0 saturated heterocycles. The Balaban J connectivity index is 1.81. The van der Waals surface area contributed by atoms with Crippen LogP contribution in [0, 0.1) is 6.92 Å². The summed E-state index contributed by atoms with van der Waals surface area (Å²) in [5.74, 6) is 1.70. The van der Waals surface area contributed by atoms with Crippen molar-refractivity contribution in [2.24, 2.45) is 0 Å². The molecular weight excluding hydrogens is 390 g/mol. The van der Waals surface area contributed by atoms with Crippen LogP contribution in [0.2, 0.25) is 0 Å². The van der Waals surface area contributed by atoms with E-state index in [9.17, 15) is 9.00 Å². The van der Waals surface area contributed by atoms with Gasteiger partial charge in [-0.25, -0.2) is 4.68 Å². The van der Waals surface area contributed by atoms with E-state index in [0.29, 0.717) is 34.4 Å². The summed E-state index contributed by atoms with van der Waals surface area (Å²) >= 11 is 0. The van der Waals surface area contributed by atoms with Crippen LogP contribution in [0.3, 0.4) is 0 Å². The van der Waals surface area contributed by atoms with E-state index in [1.165, 1.54) is 14.2 Å². The first-order valence-corrected chi connectivity index (χ1v) is 10.6. The van der Waals surface area contributed by atoms with Gasteiger partial charge in [-0.1, -0.05) is 24.3 Å². The molecule has 1 amide bonds. The molecule has 0 spiro atoms. The molecule has 1 aliphatic heterocycles. The van der Waals surface area contributed by atoms with Crippen LogP contribution in [0.5, 0.6) is 11.5 Å². The average molecular weight is 411 g/mol. The lowest BCUT2D eigenvalue weighted by Gasteiger charge is -2.15. The van der Waals surface area contributed by atoms with E-state index < -0.39 is 10.8 Å². The lowest BCUT2D eigenvalue weighted by Crippen LogP contribution is -2.18. The number of rotatable bonds is 5. The maximum Gasteiger partial charge on any atom is 0.264 e. The second kappa shape index (κ2) is 7.71. The van der Waals surface area contributed by atoms with Crippen molar-refractivity contribution in [3.05, 3.63) is 64.8 Å². The molecule has 0 unspecified atom stereocenters. The second-order valence-electron chi connectivity index (χ2n) is 6.69. The van der Waals surface area contributed by atoms with Crippen molar-refractivity contribution in [2.75, 3.05) is 19.5 Å². The molecule has 0 saturated carbocycles. The number of anilines is 1. The van der Waals surface area contributed by atoms with Crippen LogP contribution in [-0.2, 0) is 22.3 Å². The fourth-order valence-electron chi connectivity index (χ4n) is 3.48. The number of nitrogens with one attached hydrogen (secondary N) is 1. The lowest BCUT2D eigenvalue weighted by atomic mass is 10.1. The molecule has 7 nitrogen and oxygen atoms in total. The maximum atomic E-state index is 13.2. The largest absolute Gasteiger partial charge is 0.496 e. The fourth-order valence-corrected chi connectivity index (χ4v) is 4.74. The third-order valence-corrected chi connectivity index (χ3v) is 6.11. The molecular formula is C21H21N3O4S. The Morgan fingerprint density at radius 1 is 1.07 bits per heavy atom. The number of para-hydroxylation sites is 1. The number of amides is 1. The van der Waals surface area contributed by atoms with Crippen molar-refractivity contribution >= 4 is 22.5 Å². The van der Waals surface area contributed by atoms with E-state index in [0.717, 1.165) is 22.5 Å². The van der Waals surface area contributed by atoms with Crippen molar-refractivity contribution in [3.63, 3.8) is 0 Å². The molecule has 29 heavy (non-hydrogen) atoms. The van der Waals surface area contributed by atoms with Gasteiger partial charge in [0.15, 0.2) is 0 Å². The summed E-state index contributed by atoms with van der Waals surface area (Å²) in [6.45, 7) is 1.98. The monoisotopic (exact) mass is 411 g/mol. The SMILES string of the molecule is COc1cccc(OC)c1C(=O)Nc1c2c(nn1-c1ccccc1C)C[S@@](=O)C2. The van der Waals surface area contributed by atoms with Crippen LogP contribution in [0.15, 0.2) is 42.5 Å². The second-order valence-corrected chi connectivity index (χ2v) is 8.15. The summed E-state index contributed by atoms with van der Waals surface area (Å²) in [5.41, 5.74) is 3.71. The minimum atomic E-state index is -1.02.